The maximum absolute atomic E-state index is 11.8. The lowest BCUT2D eigenvalue weighted by atomic mass is 9.87. The molecule has 0 aliphatic rings. The fraction of sp³-hybridized carbons (Fsp3) is 0.471. The molecule has 2 rings (SSSR count). The number of hydrogen-bond donors (Lipinski definition) is 1. The SMILES string of the molecule is CCOC(=O)c1cc2cc(C(O)(CC)CC)cc(C)c2o1. The van der Waals surface area contributed by atoms with Crippen LogP contribution in [0.3, 0.4) is 0 Å². The molecule has 4 heteroatoms. The second-order valence-corrected chi connectivity index (χ2v) is 5.28. The summed E-state index contributed by atoms with van der Waals surface area (Å²) in [5, 5.41) is 11.5. The summed E-state index contributed by atoms with van der Waals surface area (Å²) in [6, 6.07) is 5.49. The lowest BCUT2D eigenvalue weighted by Gasteiger charge is -2.26. The first-order valence-electron chi connectivity index (χ1n) is 7.39. The molecule has 0 bridgehead atoms. The van der Waals surface area contributed by atoms with Crippen molar-refractivity contribution in [3.05, 3.63) is 35.1 Å². The predicted molar refractivity (Wildman–Crippen MR) is 81.4 cm³/mol. The Kier molecular flexibility index (Phi) is 4.37. The van der Waals surface area contributed by atoms with Crippen molar-refractivity contribution in [3.8, 4) is 0 Å². The van der Waals surface area contributed by atoms with Crippen molar-refractivity contribution in [2.75, 3.05) is 6.61 Å². The van der Waals surface area contributed by atoms with Gasteiger partial charge >= 0.3 is 5.97 Å². The molecule has 1 aromatic heterocycles. The van der Waals surface area contributed by atoms with E-state index in [9.17, 15) is 9.90 Å². The van der Waals surface area contributed by atoms with E-state index in [2.05, 4.69) is 0 Å². The normalized spacial score (nSPS) is 11.9. The molecule has 21 heavy (non-hydrogen) atoms. The summed E-state index contributed by atoms with van der Waals surface area (Å²) in [4.78, 5) is 11.8. The number of aliphatic hydroxyl groups is 1. The van der Waals surface area contributed by atoms with Crippen molar-refractivity contribution >= 4 is 16.9 Å². The van der Waals surface area contributed by atoms with E-state index < -0.39 is 11.6 Å². The molecule has 0 aliphatic carbocycles. The van der Waals surface area contributed by atoms with E-state index in [1.165, 1.54) is 0 Å². The van der Waals surface area contributed by atoms with Crippen LogP contribution in [0.1, 0.15) is 55.3 Å². The fourth-order valence-corrected chi connectivity index (χ4v) is 2.56. The molecular formula is C17H22O4. The zero-order valence-electron chi connectivity index (χ0n) is 13.0. The van der Waals surface area contributed by atoms with Crippen LogP contribution in [0.4, 0.5) is 0 Å². The van der Waals surface area contributed by atoms with Crippen LogP contribution in [0.5, 0.6) is 0 Å². The van der Waals surface area contributed by atoms with Crippen molar-refractivity contribution in [1.29, 1.82) is 0 Å². The number of hydrogen-bond acceptors (Lipinski definition) is 4. The van der Waals surface area contributed by atoms with E-state index in [0.717, 1.165) is 16.5 Å². The molecule has 0 radical (unpaired) electrons. The van der Waals surface area contributed by atoms with E-state index in [1.54, 1.807) is 13.0 Å². The van der Waals surface area contributed by atoms with E-state index in [1.807, 2.05) is 32.9 Å². The second kappa shape index (κ2) is 5.90. The Morgan fingerprint density at radius 2 is 1.90 bits per heavy atom. The Hall–Kier alpha value is -1.81. The lowest BCUT2D eigenvalue weighted by Crippen LogP contribution is -2.23. The van der Waals surface area contributed by atoms with Crippen molar-refractivity contribution < 1.29 is 19.1 Å². The van der Waals surface area contributed by atoms with Crippen LogP contribution in [0.2, 0.25) is 0 Å². The van der Waals surface area contributed by atoms with Crippen LogP contribution in [0.25, 0.3) is 11.0 Å². The fourth-order valence-electron chi connectivity index (χ4n) is 2.56. The van der Waals surface area contributed by atoms with Gasteiger partial charge < -0.3 is 14.3 Å². The maximum atomic E-state index is 11.8. The van der Waals surface area contributed by atoms with Gasteiger partial charge in [-0.1, -0.05) is 13.8 Å². The number of aryl methyl sites for hydroxylation is 1. The van der Waals surface area contributed by atoms with Crippen molar-refractivity contribution in [2.24, 2.45) is 0 Å². The molecule has 1 heterocycles. The minimum Gasteiger partial charge on any atom is -0.460 e. The number of ether oxygens (including phenoxy) is 1. The van der Waals surface area contributed by atoms with Crippen LogP contribution < -0.4 is 0 Å². The zero-order valence-corrected chi connectivity index (χ0v) is 13.0. The summed E-state index contributed by atoms with van der Waals surface area (Å²) in [6.45, 7) is 7.90. The molecule has 0 saturated carbocycles. The molecule has 4 nitrogen and oxygen atoms in total. The van der Waals surface area contributed by atoms with Crippen LogP contribution in [-0.2, 0) is 10.3 Å². The quantitative estimate of drug-likeness (QED) is 0.848. The number of carbonyl (C=O) groups is 1. The molecule has 2 aromatic rings. The monoisotopic (exact) mass is 290 g/mol. The number of rotatable bonds is 5. The van der Waals surface area contributed by atoms with Crippen molar-refractivity contribution in [3.63, 3.8) is 0 Å². The first-order chi connectivity index (χ1) is 9.95. The van der Waals surface area contributed by atoms with Crippen LogP contribution in [-0.4, -0.2) is 17.7 Å². The Morgan fingerprint density at radius 1 is 1.24 bits per heavy atom. The molecule has 0 unspecified atom stereocenters. The highest BCUT2D eigenvalue weighted by atomic mass is 16.5. The molecular weight excluding hydrogens is 268 g/mol. The van der Waals surface area contributed by atoms with Crippen molar-refractivity contribution in [2.45, 2.75) is 46.1 Å². The number of esters is 1. The van der Waals surface area contributed by atoms with E-state index >= 15 is 0 Å². The largest absolute Gasteiger partial charge is 0.460 e. The van der Waals surface area contributed by atoms with Crippen molar-refractivity contribution in [1.82, 2.24) is 0 Å². The summed E-state index contributed by atoms with van der Waals surface area (Å²) < 4.78 is 10.5. The molecule has 114 valence electrons. The number of fused-ring (bicyclic) bond motifs is 1. The zero-order chi connectivity index (χ0) is 15.6. The Morgan fingerprint density at radius 3 is 2.48 bits per heavy atom. The molecule has 0 saturated heterocycles. The van der Waals surface area contributed by atoms with E-state index in [4.69, 9.17) is 9.15 Å². The summed E-state index contributed by atoms with van der Waals surface area (Å²) in [6.07, 6.45) is 1.27. The molecule has 0 amide bonds. The van der Waals surface area contributed by atoms with Crippen LogP contribution in [0.15, 0.2) is 22.6 Å². The van der Waals surface area contributed by atoms with Gasteiger partial charge in [0, 0.05) is 5.39 Å². The molecule has 1 N–H and O–H groups in total. The average Bonchev–Trinajstić information content (AvgIpc) is 2.91. The summed E-state index contributed by atoms with van der Waals surface area (Å²) in [5.74, 6) is -0.264. The van der Waals surface area contributed by atoms with Gasteiger partial charge in [-0.15, -0.1) is 0 Å². The van der Waals surface area contributed by atoms with Gasteiger partial charge in [-0.2, -0.15) is 0 Å². The average molecular weight is 290 g/mol. The molecule has 1 aromatic carbocycles. The molecule has 0 atom stereocenters. The number of carbonyl (C=O) groups excluding carboxylic acids is 1. The predicted octanol–water partition coefficient (Wildman–Crippen LogP) is 3.93. The smallest absolute Gasteiger partial charge is 0.374 e. The number of benzene rings is 1. The first kappa shape index (κ1) is 15.6. The van der Waals surface area contributed by atoms with Crippen LogP contribution >= 0.6 is 0 Å². The van der Waals surface area contributed by atoms with E-state index in [0.29, 0.717) is 25.0 Å². The summed E-state index contributed by atoms with van der Waals surface area (Å²) >= 11 is 0. The van der Waals surface area contributed by atoms with Gasteiger partial charge in [0.2, 0.25) is 5.76 Å². The Balaban J connectivity index is 2.53. The topological polar surface area (TPSA) is 59.7 Å². The highest BCUT2D eigenvalue weighted by molar-refractivity contribution is 5.93. The van der Waals surface area contributed by atoms with Gasteiger partial charge in [0.25, 0.3) is 0 Å². The highest BCUT2D eigenvalue weighted by Gasteiger charge is 2.26. The minimum atomic E-state index is -0.847. The molecule has 0 fully saturated rings. The van der Waals surface area contributed by atoms with Gasteiger partial charge in [0.15, 0.2) is 0 Å². The third kappa shape index (κ3) is 2.81. The number of furan rings is 1. The third-order valence-electron chi connectivity index (χ3n) is 3.99. The van der Waals surface area contributed by atoms with Gasteiger partial charge in [-0.05, 0) is 56.0 Å². The first-order valence-corrected chi connectivity index (χ1v) is 7.39. The highest BCUT2D eigenvalue weighted by Crippen LogP contribution is 2.33. The Bertz CT molecular complexity index is 650. The molecule has 0 aliphatic heterocycles. The van der Waals surface area contributed by atoms with Gasteiger partial charge in [-0.3, -0.25) is 0 Å². The summed E-state index contributed by atoms with van der Waals surface area (Å²) in [7, 11) is 0. The van der Waals surface area contributed by atoms with Gasteiger partial charge in [0.05, 0.1) is 12.2 Å². The lowest BCUT2D eigenvalue weighted by molar-refractivity contribution is 0.0284. The maximum Gasteiger partial charge on any atom is 0.374 e. The van der Waals surface area contributed by atoms with Crippen LogP contribution in [0, 0.1) is 6.92 Å². The molecule has 0 spiro atoms. The second-order valence-electron chi connectivity index (χ2n) is 5.28. The van der Waals surface area contributed by atoms with Gasteiger partial charge in [0.1, 0.15) is 5.58 Å². The Labute approximate surface area is 124 Å². The third-order valence-corrected chi connectivity index (χ3v) is 3.99. The standard InChI is InChI=1S/C17H22O4/c1-5-17(19,6-2)13-8-11(4)15-12(9-13)10-14(21-15)16(18)20-7-3/h8-10,19H,5-7H2,1-4H3. The minimum absolute atomic E-state index is 0.198. The van der Waals surface area contributed by atoms with E-state index in [-0.39, 0.29) is 5.76 Å². The van der Waals surface area contributed by atoms with Gasteiger partial charge in [-0.25, -0.2) is 4.79 Å². The summed E-state index contributed by atoms with van der Waals surface area (Å²) in [5.41, 5.74) is 1.57.